The Balaban J connectivity index is 1.95. The van der Waals surface area contributed by atoms with Gasteiger partial charge in [0.05, 0.1) is 11.1 Å². The summed E-state index contributed by atoms with van der Waals surface area (Å²) in [5.41, 5.74) is 2.49. The third-order valence-corrected chi connectivity index (χ3v) is 4.41. The van der Waals surface area contributed by atoms with Crippen LogP contribution in [0, 0.1) is 6.92 Å². The third-order valence-electron chi connectivity index (χ3n) is 4.41. The SMILES string of the molecule is Cc1cc(C(=O)N2CCC[C@H]2CCCO)c2ccccc2n1. The van der Waals surface area contributed by atoms with E-state index in [-0.39, 0.29) is 18.6 Å². The largest absolute Gasteiger partial charge is 0.396 e. The van der Waals surface area contributed by atoms with Crippen molar-refractivity contribution in [2.24, 2.45) is 0 Å². The first-order chi connectivity index (χ1) is 10.7. The molecular weight excluding hydrogens is 276 g/mol. The zero-order valence-electron chi connectivity index (χ0n) is 13.0. The molecule has 1 fully saturated rings. The van der Waals surface area contributed by atoms with Gasteiger partial charge in [-0.1, -0.05) is 18.2 Å². The van der Waals surface area contributed by atoms with Crippen molar-refractivity contribution in [3.63, 3.8) is 0 Å². The van der Waals surface area contributed by atoms with Crippen molar-refractivity contribution in [3.05, 3.63) is 41.6 Å². The Kier molecular flexibility index (Phi) is 4.39. The molecule has 1 amide bonds. The molecule has 116 valence electrons. The van der Waals surface area contributed by atoms with E-state index in [9.17, 15) is 4.79 Å². The minimum absolute atomic E-state index is 0.0992. The molecule has 0 bridgehead atoms. The highest BCUT2D eigenvalue weighted by Gasteiger charge is 2.29. The summed E-state index contributed by atoms with van der Waals surface area (Å²) in [6.07, 6.45) is 3.71. The molecule has 1 atom stereocenters. The zero-order chi connectivity index (χ0) is 15.5. The molecule has 3 rings (SSSR count). The van der Waals surface area contributed by atoms with Gasteiger partial charge >= 0.3 is 0 Å². The molecule has 22 heavy (non-hydrogen) atoms. The number of likely N-dealkylation sites (tertiary alicyclic amines) is 1. The van der Waals surface area contributed by atoms with Gasteiger partial charge in [-0.15, -0.1) is 0 Å². The lowest BCUT2D eigenvalue weighted by Crippen LogP contribution is -2.35. The minimum atomic E-state index is 0.0992. The fraction of sp³-hybridized carbons (Fsp3) is 0.444. The second-order valence-corrected chi connectivity index (χ2v) is 5.99. The van der Waals surface area contributed by atoms with Crippen LogP contribution in [0.15, 0.2) is 30.3 Å². The van der Waals surface area contributed by atoms with Gasteiger partial charge in [0.1, 0.15) is 0 Å². The van der Waals surface area contributed by atoms with Crippen molar-refractivity contribution < 1.29 is 9.90 Å². The molecule has 0 saturated carbocycles. The smallest absolute Gasteiger partial charge is 0.254 e. The molecule has 1 N–H and O–H groups in total. The van der Waals surface area contributed by atoms with E-state index in [2.05, 4.69) is 4.98 Å². The van der Waals surface area contributed by atoms with E-state index in [4.69, 9.17) is 5.11 Å². The highest BCUT2D eigenvalue weighted by atomic mass is 16.3. The maximum atomic E-state index is 13.0. The lowest BCUT2D eigenvalue weighted by Gasteiger charge is -2.25. The van der Waals surface area contributed by atoms with Crippen LogP contribution in [-0.4, -0.2) is 40.1 Å². The predicted octanol–water partition coefficient (Wildman–Crippen LogP) is 2.92. The van der Waals surface area contributed by atoms with E-state index in [0.29, 0.717) is 0 Å². The fourth-order valence-electron chi connectivity index (χ4n) is 3.37. The number of aliphatic hydroxyl groups excluding tert-OH is 1. The van der Waals surface area contributed by atoms with Crippen molar-refractivity contribution in [1.82, 2.24) is 9.88 Å². The van der Waals surface area contributed by atoms with Crippen LogP contribution in [0.3, 0.4) is 0 Å². The Bertz CT molecular complexity index is 684. The highest BCUT2D eigenvalue weighted by molar-refractivity contribution is 6.06. The van der Waals surface area contributed by atoms with Gasteiger partial charge in [0.2, 0.25) is 0 Å². The van der Waals surface area contributed by atoms with Gasteiger partial charge in [-0.05, 0) is 44.7 Å². The number of aliphatic hydroxyl groups is 1. The van der Waals surface area contributed by atoms with Crippen LogP contribution in [0.4, 0.5) is 0 Å². The van der Waals surface area contributed by atoms with Crippen molar-refractivity contribution in [2.75, 3.05) is 13.2 Å². The summed E-state index contributed by atoms with van der Waals surface area (Å²) < 4.78 is 0. The first kappa shape index (κ1) is 15.0. The van der Waals surface area contributed by atoms with E-state index in [1.807, 2.05) is 42.2 Å². The number of rotatable bonds is 4. The van der Waals surface area contributed by atoms with Crippen LogP contribution in [0.2, 0.25) is 0 Å². The summed E-state index contributed by atoms with van der Waals surface area (Å²) in [6.45, 7) is 2.93. The lowest BCUT2D eigenvalue weighted by atomic mass is 10.0. The molecular formula is C18H22N2O2. The van der Waals surface area contributed by atoms with Gasteiger partial charge in [-0.3, -0.25) is 9.78 Å². The van der Waals surface area contributed by atoms with E-state index in [1.54, 1.807) is 0 Å². The number of nitrogens with zero attached hydrogens (tertiary/aromatic N) is 2. The number of fused-ring (bicyclic) bond motifs is 1. The summed E-state index contributed by atoms with van der Waals surface area (Å²) >= 11 is 0. The Morgan fingerprint density at radius 1 is 1.41 bits per heavy atom. The van der Waals surface area contributed by atoms with E-state index >= 15 is 0 Å². The Labute approximate surface area is 130 Å². The number of hydrogen-bond donors (Lipinski definition) is 1. The van der Waals surface area contributed by atoms with Gasteiger partial charge < -0.3 is 10.0 Å². The predicted molar refractivity (Wildman–Crippen MR) is 86.9 cm³/mol. The average Bonchev–Trinajstić information content (AvgIpc) is 2.99. The molecule has 0 radical (unpaired) electrons. The molecule has 4 nitrogen and oxygen atoms in total. The summed E-state index contributed by atoms with van der Waals surface area (Å²) in [7, 11) is 0. The van der Waals surface area contributed by atoms with Gasteiger partial charge in [0, 0.05) is 30.3 Å². The summed E-state index contributed by atoms with van der Waals surface area (Å²) in [5.74, 6) is 0.0992. The van der Waals surface area contributed by atoms with Crippen LogP contribution >= 0.6 is 0 Å². The topological polar surface area (TPSA) is 53.4 Å². The van der Waals surface area contributed by atoms with Crippen LogP contribution in [0.1, 0.15) is 41.7 Å². The molecule has 1 aromatic heterocycles. The first-order valence-corrected chi connectivity index (χ1v) is 7.99. The summed E-state index contributed by atoms with van der Waals surface area (Å²) in [5, 5.41) is 9.96. The number of benzene rings is 1. The van der Waals surface area contributed by atoms with Gasteiger partial charge in [0.25, 0.3) is 5.91 Å². The molecule has 2 heterocycles. The fourth-order valence-corrected chi connectivity index (χ4v) is 3.37. The normalized spacial score (nSPS) is 18.1. The molecule has 0 unspecified atom stereocenters. The maximum Gasteiger partial charge on any atom is 0.254 e. The Hall–Kier alpha value is -1.94. The zero-order valence-corrected chi connectivity index (χ0v) is 13.0. The van der Waals surface area contributed by atoms with Crippen LogP contribution in [0.25, 0.3) is 10.9 Å². The molecule has 1 aromatic carbocycles. The summed E-state index contributed by atoms with van der Waals surface area (Å²) in [4.78, 5) is 19.5. The lowest BCUT2D eigenvalue weighted by molar-refractivity contribution is 0.0726. The van der Waals surface area contributed by atoms with Crippen molar-refractivity contribution in [3.8, 4) is 0 Å². The highest BCUT2D eigenvalue weighted by Crippen LogP contribution is 2.26. The molecule has 0 spiro atoms. The number of aromatic nitrogens is 1. The number of pyridine rings is 1. The molecule has 1 saturated heterocycles. The van der Waals surface area contributed by atoms with Crippen molar-refractivity contribution in [2.45, 2.75) is 38.6 Å². The van der Waals surface area contributed by atoms with E-state index in [1.165, 1.54) is 0 Å². The minimum Gasteiger partial charge on any atom is -0.396 e. The number of carbonyl (C=O) groups is 1. The first-order valence-electron chi connectivity index (χ1n) is 7.99. The quantitative estimate of drug-likeness (QED) is 0.944. The van der Waals surface area contributed by atoms with Gasteiger partial charge in [0.15, 0.2) is 0 Å². The number of para-hydroxylation sites is 1. The molecule has 1 aliphatic rings. The molecule has 1 aliphatic heterocycles. The van der Waals surface area contributed by atoms with Crippen LogP contribution in [-0.2, 0) is 0 Å². The number of carbonyl (C=O) groups excluding carboxylic acids is 1. The average molecular weight is 298 g/mol. The Morgan fingerprint density at radius 3 is 3.05 bits per heavy atom. The molecule has 2 aromatic rings. The van der Waals surface area contributed by atoms with E-state index in [0.717, 1.165) is 54.4 Å². The Morgan fingerprint density at radius 2 is 2.23 bits per heavy atom. The van der Waals surface area contributed by atoms with Gasteiger partial charge in [-0.25, -0.2) is 0 Å². The summed E-state index contributed by atoms with van der Waals surface area (Å²) in [6, 6.07) is 9.96. The second kappa shape index (κ2) is 6.44. The third kappa shape index (κ3) is 2.83. The maximum absolute atomic E-state index is 13.0. The molecule has 0 aliphatic carbocycles. The van der Waals surface area contributed by atoms with Crippen LogP contribution < -0.4 is 0 Å². The molecule has 4 heteroatoms. The number of hydrogen-bond acceptors (Lipinski definition) is 3. The second-order valence-electron chi connectivity index (χ2n) is 5.99. The van der Waals surface area contributed by atoms with E-state index < -0.39 is 0 Å². The standard InChI is InChI=1S/C18H22N2O2/c1-13-12-16(15-8-2-3-9-17(15)19-13)18(22)20-10-4-6-14(20)7-5-11-21/h2-3,8-9,12,14,21H,4-7,10-11H2,1H3/t14-/m0/s1. The number of amides is 1. The van der Waals surface area contributed by atoms with Gasteiger partial charge in [-0.2, -0.15) is 0 Å². The monoisotopic (exact) mass is 298 g/mol. The van der Waals surface area contributed by atoms with Crippen molar-refractivity contribution in [1.29, 1.82) is 0 Å². The number of aryl methyl sites for hydroxylation is 1. The van der Waals surface area contributed by atoms with Crippen molar-refractivity contribution >= 4 is 16.8 Å². The van der Waals surface area contributed by atoms with Crippen LogP contribution in [0.5, 0.6) is 0 Å².